The summed E-state index contributed by atoms with van der Waals surface area (Å²) in [5.41, 5.74) is 0.541. The van der Waals surface area contributed by atoms with Crippen molar-refractivity contribution in [2.75, 3.05) is 31.6 Å². The molecule has 1 amide bonds. The van der Waals surface area contributed by atoms with Gasteiger partial charge in [0.05, 0.1) is 10.7 Å². The number of halogens is 2. The molecule has 1 aromatic rings. The van der Waals surface area contributed by atoms with Gasteiger partial charge in [-0.3, -0.25) is 4.79 Å². The fraction of sp³-hybridized carbons (Fsp3) is 0.500. The van der Waals surface area contributed by atoms with Gasteiger partial charge in [-0.15, -0.1) is 0 Å². The van der Waals surface area contributed by atoms with E-state index in [1.807, 2.05) is 0 Å². The van der Waals surface area contributed by atoms with Crippen LogP contribution in [0.1, 0.15) is 12.8 Å². The molecule has 1 aliphatic rings. The summed E-state index contributed by atoms with van der Waals surface area (Å²) in [6.45, 7) is 2.72. The topological polar surface area (TPSA) is 52.6 Å². The highest BCUT2D eigenvalue weighted by molar-refractivity contribution is 6.35. The first-order valence-electron chi connectivity index (χ1n) is 6.66. The van der Waals surface area contributed by atoms with Crippen molar-refractivity contribution in [1.29, 1.82) is 0 Å². The highest BCUT2D eigenvalue weighted by Crippen LogP contribution is 2.25. The summed E-state index contributed by atoms with van der Waals surface area (Å²) in [4.78, 5) is 14.1. The van der Waals surface area contributed by atoms with Gasteiger partial charge in [0.2, 0.25) is 5.91 Å². The Morgan fingerprint density at radius 1 is 1.45 bits per heavy atom. The monoisotopic (exact) mass is 316 g/mol. The first-order valence-corrected chi connectivity index (χ1v) is 7.42. The maximum absolute atomic E-state index is 11.9. The zero-order valence-corrected chi connectivity index (χ0v) is 12.6. The van der Waals surface area contributed by atoms with Crippen LogP contribution in [0.25, 0.3) is 0 Å². The van der Waals surface area contributed by atoms with Gasteiger partial charge in [0, 0.05) is 31.1 Å². The fourth-order valence-electron chi connectivity index (χ4n) is 2.33. The van der Waals surface area contributed by atoms with Crippen LogP contribution < -0.4 is 5.32 Å². The molecular formula is C14H18Cl2N2O2. The molecule has 4 nitrogen and oxygen atoms in total. The van der Waals surface area contributed by atoms with E-state index in [1.165, 1.54) is 0 Å². The van der Waals surface area contributed by atoms with Gasteiger partial charge >= 0.3 is 0 Å². The van der Waals surface area contributed by atoms with Crippen molar-refractivity contribution < 1.29 is 9.90 Å². The molecule has 1 heterocycles. The summed E-state index contributed by atoms with van der Waals surface area (Å²) >= 11 is 11.9. The number of aliphatic hydroxyl groups excluding tert-OH is 1. The molecule has 0 aromatic heterocycles. The molecule has 110 valence electrons. The third kappa shape index (κ3) is 4.35. The van der Waals surface area contributed by atoms with Crippen LogP contribution in [0.5, 0.6) is 0 Å². The second-order valence-corrected chi connectivity index (χ2v) is 5.90. The Morgan fingerprint density at radius 2 is 2.25 bits per heavy atom. The van der Waals surface area contributed by atoms with Gasteiger partial charge in [0.1, 0.15) is 0 Å². The smallest absolute Gasteiger partial charge is 0.225 e. The third-order valence-corrected chi connectivity index (χ3v) is 4.05. The quantitative estimate of drug-likeness (QED) is 0.878. The Hall–Kier alpha value is -0.810. The van der Waals surface area contributed by atoms with Crippen LogP contribution in [0.3, 0.4) is 0 Å². The Balaban J connectivity index is 1.79. The molecule has 1 unspecified atom stereocenters. The number of hydrogen-bond donors (Lipinski definition) is 2. The Kier molecular flexibility index (Phi) is 5.66. The highest BCUT2D eigenvalue weighted by Gasteiger charge is 2.21. The van der Waals surface area contributed by atoms with Gasteiger partial charge in [0.15, 0.2) is 0 Å². The summed E-state index contributed by atoms with van der Waals surface area (Å²) < 4.78 is 0. The summed E-state index contributed by atoms with van der Waals surface area (Å²) in [6.07, 6.45) is 1.40. The minimum atomic E-state index is -0.0818. The van der Waals surface area contributed by atoms with Crippen LogP contribution in [0, 0.1) is 5.92 Å². The van der Waals surface area contributed by atoms with Crippen molar-refractivity contribution >= 4 is 34.8 Å². The number of rotatable bonds is 5. The zero-order chi connectivity index (χ0) is 14.5. The molecule has 1 fully saturated rings. The largest absolute Gasteiger partial charge is 0.396 e. The van der Waals surface area contributed by atoms with Crippen LogP contribution in [0.15, 0.2) is 18.2 Å². The van der Waals surface area contributed by atoms with Gasteiger partial charge < -0.3 is 15.3 Å². The van der Waals surface area contributed by atoms with Crippen molar-refractivity contribution in [1.82, 2.24) is 4.90 Å². The fourth-order valence-corrected chi connectivity index (χ4v) is 2.67. The SMILES string of the molecule is O=C(CCN1CCC(CO)C1)Nc1cc(Cl)ccc1Cl. The van der Waals surface area contributed by atoms with Crippen LogP contribution in [-0.4, -0.2) is 42.2 Å². The van der Waals surface area contributed by atoms with Gasteiger partial charge in [-0.2, -0.15) is 0 Å². The molecule has 1 aromatic carbocycles. The van der Waals surface area contributed by atoms with Crippen molar-refractivity contribution in [3.63, 3.8) is 0 Å². The second kappa shape index (κ2) is 7.27. The molecule has 6 heteroatoms. The minimum absolute atomic E-state index is 0.0818. The summed E-state index contributed by atoms with van der Waals surface area (Å²) in [6, 6.07) is 4.98. The summed E-state index contributed by atoms with van der Waals surface area (Å²) in [5.74, 6) is 0.266. The first kappa shape index (κ1) is 15.6. The van der Waals surface area contributed by atoms with E-state index in [0.717, 1.165) is 19.5 Å². The number of nitrogens with one attached hydrogen (secondary N) is 1. The van der Waals surface area contributed by atoms with E-state index in [0.29, 0.717) is 34.6 Å². The lowest BCUT2D eigenvalue weighted by Crippen LogP contribution is -2.26. The molecular weight excluding hydrogens is 299 g/mol. The van der Waals surface area contributed by atoms with Crippen molar-refractivity contribution in [2.24, 2.45) is 5.92 Å². The standard InChI is InChI=1S/C14H18Cl2N2O2/c15-11-1-2-12(16)13(7-11)17-14(20)4-6-18-5-3-10(8-18)9-19/h1-2,7,10,19H,3-6,8-9H2,(H,17,20). The van der Waals surface area contributed by atoms with Crippen LogP contribution >= 0.6 is 23.2 Å². The number of anilines is 1. The summed E-state index contributed by atoms with van der Waals surface area (Å²) in [5, 5.41) is 12.9. The molecule has 1 saturated heterocycles. The molecule has 0 aliphatic carbocycles. The van der Waals surface area contributed by atoms with E-state index in [2.05, 4.69) is 10.2 Å². The molecule has 0 radical (unpaired) electrons. The van der Waals surface area contributed by atoms with E-state index in [1.54, 1.807) is 18.2 Å². The number of carbonyl (C=O) groups is 1. The average Bonchev–Trinajstić information content (AvgIpc) is 2.89. The predicted molar refractivity (Wildman–Crippen MR) is 81.3 cm³/mol. The molecule has 20 heavy (non-hydrogen) atoms. The van der Waals surface area contributed by atoms with Gasteiger partial charge in [-0.25, -0.2) is 0 Å². The molecule has 2 rings (SSSR count). The third-order valence-electron chi connectivity index (χ3n) is 3.49. The molecule has 1 aliphatic heterocycles. The lowest BCUT2D eigenvalue weighted by atomic mass is 10.1. The normalized spacial score (nSPS) is 19.2. The predicted octanol–water partition coefficient (Wildman–Crippen LogP) is 2.64. The minimum Gasteiger partial charge on any atom is -0.396 e. The number of aliphatic hydroxyl groups is 1. The lowest BCUT2D eigenvalue weighted by Gasteiger charge is -2.15. The van der Waals surface area contributed by atoms with E-state index in [9.17, 15) is 4.79 Å². The molecule has 0 bridgehead atoms. The number of benzene rings is 1. The Morgan fingerprint density at radius 3 is 2.95 bits per heavy atom. The van der Waals surface area contributed by atoms with Gasteiger partial charge in [0.25, 0.3) is 0 Å². The van der Waals surface area contributed by atoms with Gasteiger partial charge in [-0.1, -0.05) is 23.2 Å². The number of amides is 1. The Bertz CT molecular complexity index is 482. The first-order chi connectivity index (χ1) is 9.58. The zero-order valence-electron chi connectivity index (χ0n) is 11.1. The van der Waals surface area contributed by atoms with E-state index < -0.39 is 0 Å². The van der Waals surface area contributed by atoms with Crippen molar-refractivity contribution in [3.05, 3.63) is 28.2 Å². The van der Waals surface area contributed by atoms with Crippen molar-refractivity contribution in [3.8, 4) is 0 Å². The van der Waals surface area contributed by atoms with E-state index in [4.69, 9.17) is 28.3 Å². The van der Waals surface area contributed by atoms with E-state index >= 15 is 0 Å². The number of nitrogens with zero attached hydrogens (tertiary/aromatic N) is 1. The molecule has 0 saturated carbocycles. The molecule has 1 atom stereocenters. The Labute approximate surface area is 128 Å². The van der Waals surface area contributed by atoms with E-state index in [-0.39, 0.29) is 12.5 Å². The number of likely N-dealkylation sites (tertiary alicyclic amines) is 1. The van der Waals surface area contributed by atoms with Crippen LogP contribution in [0.4, 0.5) is 5.69 Å². The van der Waals surface area contributed by atoms with Crippen LogP contribution in [0.2, 0.25) is 10.0 Å². The van der Waals surface area contributed by atoms with Crippen molar-refractivity contribution in [2.45, 2.75) is 12.8 Å². The van der Waals surface area contributed by atoms with Gasteiger partial charge in [-0.05, 0) is 37.1 Å². The maximum Gasteiger partial charge on any atom is 0.225 e. The molecule has 0 spiro atoms. The average molecular weight is 317 g/mol. The van der Waals surface area contributed by atoms with Crippen LogP contribution in [-0.2, 0) is 4.79 Å². The maximum atomic E-state index is 11.9. The summed E-state index contributed by atoms with van der Waals surface area (Å²) in [7, 11) is 0. The molecule has 2 N–H and O–H groups in total. The number of hydrogen-bond acceptors (Lipinski definition) is 3. The lowest BCUT2D eigenvalue weighted by molar-refractivity contribution is -0.116. The highest BCUT2D eigenvalue weighted by atomic mass is 35.5. The number of carbonyl (C=O) groups excluding carboxylic acids is 1. The second-order valence-electron chi connectivity index (χ2n) is 5.06.